The Labute approximate surface area is 134 Å². The zero-order valence-electron chi connectivity index (χ0n) is 13.7. The summed E-state index contributed by atoms with van der Waals surface area (Å²) in [5, 5.41) is 3.21. The zero-order valence-corrected chi connectivity index (χ0v) is 13.7. The van der Waals surface area contributed by atoms with Gasteiger partial charge in [0.05, 0.1) is 6.54 Å². The molecule has 3 rings (SSSR count). The molecule has 1 saturated carbocycles. The maximum atomic E-state index is 12.5. The molecule has 0 saturated heterocycles. The normalized spacial score (nSPS) is 23.6. The molecule has 0 radical (unpaired) electrons. The van der Waals surface area contributed by atoms with Gasteiger partial charge in [0.1, 0.15) is 6.54 Å². The third-order valence-corrected chi connectivity index (χ3v) is 5.55. The minimum absolute atomic E-state index is 0.0527. The lowest BCUT2D eigenvalue weighted by Crippen LogP contribution is -3.16. The molecule has 2 N–H and O–H groups in total. The second kappa shape index (κ2) is 7.28. The SMILES string of the molecule is C[C@H](C(=O)NCC1CCCCC1)[NH+]1CCc2ccccc2C1. The molecule has 120 valence electrons. The van der Waals surface area contributed by atoms with E-state index in [9.17, 15) is 4.79 Å². The molecule has 1 heterocycles. The average Bonchev–Trinajstić information content (AvgIpc) is 2.59. The van der Waals surface area contributed by atoms with Gasteiger partial charge in [-0.1, -0.05) is 43.5 Å². The van der Waals surface area contributed by atoms with Crippen molar-refractivity contribution in [3.05, 3.63) is 35.4 Å². The third kappa shape index (κ3) is 3.70. The molecule has 0 aromatic heterocycles. The Morgan fingerprint density at radius 1 is 1.23 bits per heavy atom. The first-order valence-corrected chi connectivity index (χ1v) is 8.93. The third-order valence-electron chi connectivity index (χ3n) is 5.55. The first-order chi connectivity index (χ1) is 10.7. The van der Waals surface area contributed by atoms with Crippen LogP contribution in [0.1, 0.15) is 50.2 Å². The number of carbonyl (C=O) groups is 1. The van der Waals surface area contributed by atoms with Crippen LogP contribution in [0, 0.1) is 5.92 Å². The summed E-state index contributed by atoms with van der Waals surface area (Å²) >= 11 is 0. The Hall–Kier alpha value is -1.35. The fraction of sp³-hybridized carbons (Fsp3) is 0.632. The molecule has 3 heteroatoms. The Bertz CT molecular complexity index is 508. The standard InChI is InChI=1S/C19H28N2O/c1-15(19(22)20-13-16-7-3-2-4-8-16)21-12-11-17-9-5-6-10-18(17)14-21/h5-6,9-10,15-16H,2-4,7-8,11-14H2,1H3,(H,20,22)/p+1/t15-/m1/s1. The lowest BCUT2D eigenvalue weighted by Gasteiger charge is -2.30. The monoisotopic (exact) mass is 301 g/mol. The van der Waals surface area contributed by atoms with E-state index in [1.54, 1.807) is 0 Å². The van der Waals surface area contributed by atoms with E-state index in [1.807, 2.05) is 0 Å². The lowest BCUT2D eigenvalue weighted by molar-refractivity contribution is -0.929. The van der Waals surface area contributed by atoms with Gasteiger partial charge in [0.2, 0.25) is 0 Å². The highest BCUT2D eigenvalue weighted by atomic mass is 16.2. The summed E-state index contributed by atoms with van der Waals surface area (Å²) in [6.45, 7) is 5.01. The Morgan fingerprint density at radius 3 is 2.73 bits per heavy atom. The summed E-state index contributed by atoms with van der Waals surface area (Å²) in [7, 11) is 0. The summed E-state index contributed by atoms with van der Waals surface area (Å²) in [5.74, 6) is 0.946. The predicted octanol–water partition coefficient (Wildman–Crippen LogP) is 1.71. The molecule has 1 aromatic carbocycles. The van der Waals surface area contributed by atoms with Crippen LogP contribution in [0.5, 0.6) is 0 Å². The van der Waals surface area contributed by atoms with Gasteiger partial charge in [-0.05, 0) is 31.2 Å². The van der Waals surface area contributed by atoms with E-state index in [-0.39, 0.29) is 11.9 Å². The molecule has 2 atom stereocenters. The summed E-state index contributed by atoms with van der Waals surface area (Å²) in [5.41, 5.74) is 2.87. The first kappa shape index (κ1) is 15.5. The second-order valence-corrected chi connectivity index (χ2v) is 7.07. The number of hydrogen-bond acceptors (Lipinski definition) is 1. The van der Waals surface area contributed by atoms with Gasteiger partial charge < -0.3 is 10.2 Å². The van der Waals surface area contributed by atoms with E-state index in [0.29, 0.717) is 5.92 Å². The quantitative estimate of drug-likeness (QED) is 0.872. The molecule has 1 aliphatic heterocycles. The molecule has 1 amide bonds. The molecular weight excluding hydrogens is 272 g/mol. The van der Waals surface area contributed by atoms with E-state index in [2.05, 4.69) is 36.5 Å². The van der Waals surface area contributed by atoms with Gasteiger partial charge in [0.25, 0.3) is 5.91 Å². The van der Waals surface area contributed by atoms with Crippen LogP contribution >= 0.6 is 0 Å². The highest BCUT2D eigenvalue weighted by molar-refractivity contribution is 5.79. The minimum Gasteiger partial charge on any atom is -0.351 e. The summed E-state index contributed by atoms with van der Waals surface area (Å²) in [6.07, 6.45) is 7.72. The van der Waals surface area contributed by atoms with Crippen molar-refractivity contribution in [3.63, 3.8) is 0 Å². The Kier molecular flexibility index (Phi) is 5.14. The number of nitrogens with one attached hydrogen (secondary N) is 2. The van der Waals surface area contributed by atoms with Gasteiger partial charge in [-0.25, -0.2) is 0 Å². The highest BCUT2D eigenvalue weighted by Gasteiger charge is 2.29. The Morgan fingerprint density at radius 2 is 1.95 bits per heavy atom. The number of rotatable bonds is 4. The van der Waals surface area contributed by atoms with E-state index < -0.39 is 0 Å². The molecule has 0 bridgehead atoms. The van der Waals surface area contributed by atoms with Crippen LogP contribution in [-0.2, 0) is 17.8 Å². The van der Waals surface area contributed by atoms with E-state index in [4.69, 9.17) is 0 Å². The fourth-order valence-corrected chi connectivity index (χ4v) is 3.95. The van der Waals surface area contributed by atoms with Crippen LogP contribution in [0.4, 0.5) is 0 Å². The summed E-state index contributed by atoms with van der Waals surface area (Å²) in [6, 6.07) is 8.71. The van der Waals surface area contributed by atoms with Crippen molar-refractivity contribution in [3.8, 4) is 0 Å². The van der Waals surface area contributed by atoms with Crippen molar-refractivity contribution in [2.45, 2.75) is 58.0 Å². The topological polar surface area (TPSA) is 33.5 Å². The van der Waals surface area contributed by atoms with E-state index >= 15 is 0 Å². The number of amides is 1. The van der Waals surface area contributed by atoms with Gasteiger partial charge in [-0.3, -0.25) is 4.79 Å². The van der Waals surface area contributed by atoms with Crippen LogP contribution in [0.15, 0.2) is 24.3 Å². The zero-order chi connectivity index (χ0) is 15.4. The molecule has 2 aliphatic rings. The van der Waals surface area contributed by atoms with Crippen molar-refractivity contribution in [2.24, 2.45) is 5.92 Å². The predicted molar refractivity (Wildman–Crippen MR) is 88.7 cm³/mol. The fourth-order valence-electron chi connectivity index (χ4n) is 3.95. The van der Waals surface area contributed by atoms with Crippen LogP contribution in [0.25, 0.3) is 0 Å². The van der Waals surface area contributed by atoms with Crippen LogP contribution in [0.2, 0.25) is 0 Å². The van der Waals surface area contributed by atoms with Gasteiger partial charge in [-0.2, -0.15) is 0 Å². The molecule has 1 unspecified atom stereocenters. The number of benzene rings is 1. The molecule has 3 nitrogen and oxygen atoms in total. The smallest absolute Gasteiger partial charge is 0.278 e. The minimum atomic E-state index is 0.0527. The van der Waals surface area contributed by atoms with Crippen molar-refractivity contribution >= 4 is 5.91 Å². The average molecular weight is 301 g/mol. The lowest BCUT2D eigenvalue weighted by atomic mass is 9.89. The summed E-state index contributed by atoms with van der Waals surface area (Å²) < 4.78 is 0. The highest BCUT2D eigenvalue weighted by Crippen LogP contribution is 2.22. The molecule has 1 aromatic rings. The van der Waals surface area contributed by atoms with Crippen molar-refractivity contribution in [2.75, 3.05) is 13.1 Å². The molecular formula is C19H29N2O+. The van der Waals surface area contributed by atoms with E-state index in [1.165, 1.54) is 48.1 Å². The van der Waals surface area contributed by atoms with Gasteiger partial charge in [0.15, 0.2) is 6.04 Å². The maximum Gasteiger partial charge on any atom is 0.278 e. The number of carbonyl (C=O) groups excluding carboxylic acids is 1. The van der Waals surface area contributed by atoms with E-state index in [0.717, 1.165) is 26.1 Å². The van der Waals surface area contributed by atoms with Crippen LogP contribution in [0.3, 0.4) is 0 Å². The number of fused-ring (bicyclic) bond motifs is 1. The second-order valence-electron chi connectivity index (χ2n) is 7.07. The largest absolute Gasteiger partial charge is 0.351 e. The summed E-state index contributed by atoms with van der Waals surface area (Å²) in [4.78, 5) is 13.9. The van der Waals surface area contributed by atoms with Crippen molar-refractivity contribution in [1.29, 1.82) is 0 Å². The molecule has 1 aliphatic carbocycles. The van der Waals surface area contributed by atoms with Gasteiger partial charge in [0, 0.05) is 18.5 Å². The van der Waals surface area contributed by atoms with Crippen LogP contribution < -0.4 is 10.2 Å². The number of quaternary nitrogens is 1. The van der Waals surface area contributed by atoms with Crippen molar-refractivity contribution in [1.82, 2.24) is 5.32 Å². The first-order valence-electron chi connectivity index (χ1n) is 8.93. The molecule has 1 fully saturated rings. The Balaban J connectivity index is 1.50. The van der Waals surface area contributed by atoms with Gasteiger partial charge >= 0.3 is 0 Å². The number of hydrogen-bond donors (Lipinski definition) is 2. The molecule has 0 spiro atoms. The maximum absolute atomic E-state index is 12.5. The van der Waals surface area contributed by atoms with Crippen molar-refractivity contribution < 1.29 is 9.69 Å². The van der Waals surface area contributed by atoms with Gasteiger partial charge in [-0.15, -0.1) is 0 Å². The molecule has 22 heavy (non-hydrogen) atoms. The van der Waals surface area contributed by atoms with Crippen LogP contribution in [-0.4, -0.2) is 25.0 Å².